The quantitative estimate of drug-likeness (QED) is 0.625. The number of hydrogen-bond donors (Lipinski definition) is 0. The zero-order valence-electron chi connectivity index (χ0n) is 11.0. The highest BCUT2D eigenvalue weighted by Crippen LogP contribution is 2.22. The number of rotatable bonds is 3. The minimum Gasteiger partial charge on any atom is -0.497 e. The van der Waals surface area contributed by atoms with Gasteiger partial charge in [0.15, 0.2) is 0 Å². The number of nitrogens with zero attached hydrogens (tertiary/aromatic N) is 2. The Bertz CT molecular complexity index is 716. The zero-order valence-corrected chi connectivity index (χ0v) is 11.0. The Kier molecular flexibility index (Phi) is 4.17. The highest BCUT2D eigenvalue weighted by Gasteiger charge is 2.06. The van der Waals surface area contributed by atoms with Crippen molar-refractivity contribution in [3.8, 4) is 17.9 Å². The van der Waals surface area contributed by atoms with Crippen molar-refractivity contribution in [2.75, 3.05) is 7.11 Å². The van der Waals surface area contributed by atoms with Gasteiger partial charge in [-0.2, -0.15) is 10.5 Å². The van der Waals surface area contributed by atoms with E-state index in [1.165, 1.54) is 0 Å². The first-order valence-corrected chi connectivity index (χ1v) is 6.04. The summed E-state index contributed by atoms with van der Waals surface area (Å²) in [6, 6.07) is 18.7. The minimum absolute atomic E-state index is 0.465. The Balaban J connectivity index is 2.44. The van der Waals surface area contributed by atoms with E-state index in [-0.39, 0.29) is 0 Å². The Morgan fingerprint density at radius 2 is 1.75 bits per heavy atom. The topological polar surface area (TPSA) is 56.8 Å². The molecular weight excluding hydrogens is 248 g/mol. The van der Waals surface area contributed by atoms with E-state index in [1.807, 2.05) is 30.3 Å². The van der Waals surface area contributed by atoms with Crippen LogP contribution in [0.3, 0.4) is 0 Å². The van der Waals surface area contributed by atoms with Crippen molar-refractivity contribution >= 4 is 11.6 Å². The molecule has 2 aromatic carbocycles. The third kappa shape index (κ3) is 2.85. The van der Waals surface area contributed by atoms with Crippen LogP contribution in [0.2, 0.25) is 0 Å². The molecule has 0 N–H and O–H groups in total. The van der Waals surface area contributed by atoms with Crippen LogP contribution in [0.1, 0.15) is 16.7 Å². The lowest BCUT2D eigenvalue weighted by atomic mass is 9.99. The van der Waals surface area contributed by atoms with E-state index in [4.69, 9.17) is 10.00 Å². The van der Waals surface area contributed by atoms with E-state index in [0.717, 1.165) is 11.3 Å². The number of allylic oxidation sites excluding steroid dienone is 1. The summed E-state index contributed by atoms with van der Waals surface area (Å²) in [6.07, 6.45) is 1.76. The van der Waals surface area contributed by atoms with Crippen molar-refractivity contribution in [1.29, 1.82) is 10.5 Å². The molecule has 20 heavy (non-hydrogen) atoms. The second kappa shape index (κ2) is 6.22. The fourth-order valence-corrected chi connectivity index (χ4v) is 1.85. The molecule has 0 saturated heterocycles. The first-order valence-electron chi connectivity index (χ1n) is 6.04. The number of hydrogen-bond acceptors (Lipinski definition) is 3. The molecule has 0 bridgehead atoms. The summed E-state index contributed by atoms with van der Waals surface area (Å²) in [7, 11) is 1.61. The molecule has 0 aliphatic carbocycles. The normalized spacial score (nSPS) is 10.4. The fourth-order valence-electron chi connectivity index (χ4n) is 1.85. The van der Waals surface area contributed by atoms with E-state index in [0.29, 0.717) is 16.7 Å². The van der Waals surface area contributed by atoms with Crippen molar-refractivity contribution in [2.45, 2.75) is 0 Å². The maximum atomic E-state index is 9.31. The Morgan fingerprint density at radius 3 is 2.35 bits per heavy atom. The maximum Gasteiger partial charge on any atom is 0.118 e. The van der Waals surface area contributed by atoms with Crippen molar-refractivity contribution in [3.05, 3.63) is 65.2 Å². The highest BCUT2D eigenvalue weighted by molar-refractivity contribution is 5.91. The summed E-state index contributed by atoms with van der Waals surface area (Å²) in [6.45, 7) is 0. The van der Waals surface area contributed by atoms with Gasteiger partial charge in [-0.1, -0.05) is 30.3 Å². The largest absolute Gasteiger partial charge is 0.497 e. The van der Waals surface area contributed by atoms with Gasteiger partial charge in [-0.25, -0.2) is 0 Å². The minimum atomic E-state index is 0.465. The smallest absolute Gasteiger partial charge is 0.118 e. The third-order valence-corrected chi connectivity index (χ3v) is 2.88. The van der Waals surface area contributed by atoms with Crippen molar-refractivity contribution < 1.29 is 4.74 Å². The predicted octanol–water partition coefficient (Wildman–Crippen LogP) is 3.63. The van der Waals surface area contributed by atoms with Gasteiger partial charge in [0.1, 0.15) is 5.75 Å². The molecule has 0 radical (unpaired) electrons. The number of nitriles is 2. The van der Waals surface area contributed by atoms with Crippen molar-refractivity contribution in [2.24, 2.45) is 0 Å². The summed E-state index contributed by atoms with van der Waals surface area (Å²) >= 11 is 0. The maximum absolute atomic E-state index is 9.31. The van der Waals surface area contributed by atoms with Gasteiger partial charge in [-0.3, -0.25) is 0 Å². The van der Waals surface area contributed by atoms with Gasteiger partial charge in [0, 0.05) is 5.56 Å². The summed E-state index contributed by atoms with van der Waals surface area (Å²) in [5.74, 6) is 0.762. The third-order valence-electron chi connectivity index (χ3n) is 2.88. The lowest BCUT2D eigenvalue weighted by Crippen LogP contribution is -1.88. The molecule has 96 valence electrons. The van der Waals surface area contributed by atoms with E-state index in [9.17, 15) is 5.26 Å². The Morgan fingerprint density at radius 1 is 1.05 bits per heavy atom. The molecule has 3 heteroatoms. The molecule has 0 amide bonds. The lowest BCUT2D eigenvalue weighted by Gasteiger charge is -2.03. The standard InChI is InChI=1S/C17H12N2O/c1-20-16-8-6-13(7-9-16)10-15(12-19)17-5-3-2-4-14(17)11-18/h2-10H,1H3/b15-10+. The van der Waals surface area contributed by atoms with E-state index < -0.39 is 0 Å². The SMILES string of the molecule is COc1ccc(/C=C(\C#N)c2ccccc2C#N)cc1. The molecular formula is C17H12N2O. The molecule has 2 aromatic rings. The van der Waals surface area contributed by atoms with E-state index in [1.54, 1.807) is 31.4 Å². The molecule has 0 unspecified atom stereocenters. The molecule has 0 saturated carbocycles. The van der Waals surface area contributed by atoms with Gasteiger partial charge in [-0.05, 0) is 29.8 Å². The van der Waals surface area contributed by atoms with Crippen LogP contribution in [0, 0.1) is 22.7 Å². The Hall–Kier alpha value is -3.04. The van der Waals surface area contributed by atoms with Gasteiger partial charge >= 0.3 is 0 Å². The average Bonchev–Trinajstić information content (AvgIpc) is 2.53. The Labute approximate surface area is 118 Å². The van der Waals surface area contributed by atoms with Crippen molar-refractivity contribution in [3.63, 3.8) is 0 Å². The monoisotopic (exact) mass is 260 g/mol. The molecule has 0 aliphatic rings. The fraction of sp³-hybridized carbons (Fsp3) is 0.0588. The van der Waals surface area contributed by atoms with Gasteiger partial charge in [-0.15, -0.1) is 0 Å². The lowest BCUT2D eigenvalue weighted by molar-refractivity contribution is 0.415. The summed E-state index contributed by atoms with van der Waals surface area (Å²) in [5, 5.41) is 18.4. The van der Waals surface area contributed by atoms with Crippen LogP contribution in [0.5, 0.6) is 5.75 Å². The van der Waals surface area contributed by atoms with Crippen LogP contribution in [0.4, 0.5) is 0 Å². The molecule has 0 fully saturated rings. The van der Waals surface area contributed by atoms with Gasteiger partial charge < -0.3 is 4.74 Å². The zero-order chi connectivity index (χ0) is 14.4. The first kappa shape index (κ1) is 13.4. The molecule has 3 nitrogen and oxygen atoms in total. The summed E-state index contributed by atoms with van der Waals surface area (Å²) in [5.41, 5.74) is 2.49. The summed E-state index contributed by atoms with van der Waals surface area (Å²) < 4.78 is 5.09. The highest BCUT2D eigenvalue weighted by atomic mass is 16.5. The summed E-state index contributed by atoms with van der Waals surface area (Å²) in [4.78, 5) is 0. The van der Waals surface area contributed by atoms with Crippen LogP contribution < -0.4 is 4.74 Å². The van der Waals surface area contributed by atoms with Crippen LogP contribution in [0.25, 0.3) is 11.6 Å². The van der Waals surface area contributed by atoms with Gasteiger partial charge in [0.05, 0.1) is 30.4 Å². The van der Waals surface area contributed by atoms with E-state index >= 15 is 0 Å². The average molecular weight is 260 g/mol. The number of ether oxygens (including phenoxy) is 1. The van der Waals surface area contributed by atoms with Crippen LogP contribution in [0.15, 0.2) is 48.5 Å². The second-order valence-electron chi connectivity index (χ2n) is 4.10. The van der Waals surface area contributed by atoms with Crippen LogP contribution >= 0.6 is 0 Å². The second-order valence-corrected chi connectivity index (χ2v) is 4.10. The number of benzene rings is 2. The molecule has 0 aliphatic heterocycles. The van der Waals surface area contributed by atoms with Crippen molar-refractivity contribution in [1.82, 2.24) is 0 Å². The van der Waals surface area contributed by atoms with Crippen LogP contribution in [-0.2, 0) is 0 Å². The molecule has 0 atom stereocenters. The molecule has 2 rings (SSSR count). The number of methoxy groups -OCH3 is 1. The van der Waals surface area contributed by atoms with Gasteiger partial charge in [0.25, 0.3) is 0 Å². The predicted molar refractivity (Wildman–Crippen MR) is 77.6 cm³/mol. The van der Waals surface area contributed by atoms with E-state index in [2.05, 4.69) is 12.1 Å². The molecule has 0 spiro atoms. The molecule has 0 aromatic heterocycles. The van der Waals surface area contributed by atoms with Gasteiger partial charge in [0.2, 0.25) is 0 Å². The van der Waals surface area contributed by atoms with Crippen LogP contribution in [-0.4, -0.2) is 7.11 Å². The molecule has 0 heterocycles. The first-order chi connectivity index (χ1) is 9.78.